The van der Waals surface area contributed by atoms with E-state index in [1.165, 1.54) is 32.2 Å². The van der Waals surface area contributed by atoms with E-state index in [0.29, 0.717) is 5.41 Å². The molecule has 0 amide bonds. The van der Waals surface area contributed by atoms with Gasteiger partial charge < -0.3 is 5.32 Å². The van der Waals surface area contributed by atoms with E-state index in [9.17, 15) is 0 Å². The zero-order valence-electron chi connectivity index (χ0n) is 8.82. The van der Waals surface area contributed by atoms with E-state index in [-0.39, 0.29) is 0 Å². The number of hydrogen-bond acceptors (Lipinski definition) is 1. The molecule has 1 nitrogen and oxygen atoms in total. The van der Waals surface area contributed by atoms with E-state index in [4.69, 9.17) is 0 Å². The zero-order valence-corrected chi connectivity index (χ0v) is 8.82. The van der Waals surface area contributed by atoms with Gasteiger partial charge in [-0.05, 0) is 50.1 Å². The minimum atomic E-state index is 0.659. The Morgan fingerprint density at radius 1 is 1.42 bits per heavy atom. The van der Waals surface area contributed by atoms with E-state index in [1.54, 1.807) is 0 Å². The molecule has 1 saturated carbocycles. The van der Waals surface area contributed by atoms with Gasteiger partial charge in [0.05, 0.1) is 0 Å². The predicted octanol–water partition coefficient (Wildman–Crippen LogP) is 2.81. The third-order valence-electron chi connectivity index (χ3n) is 3.40. The molecule has 1 aliphatic carbocycles. The van der Waals surface area contributed by atoms with Gasteiger partial charge in [0.25, 0.3) is 0 Å². The molecule has 0 aliphatic heterocycles. The summed E-state index contributed by atoms with van der Waals surface area (Å²) in [6.07, 6.45) is 5.71. The molecule has 1 N–H and O–H groups in total. The van der Waals surface area contributed by atoms with Gasteiger partial charge in [-0.25, -0.2) is 0 Å². The lowest BCUT2D eigenvalue weighted by atomic mass is 9.61. The van der Waals surface area contributed by atoms with Crippen molar-refractivity contribution in [1.82, 2.24) is 5.32 Å². The molecule has 1 unspecified atom stereocenters. The van der Waals surface area contributed by atoms with E-state index in [0.717, 1.165) is 12.5 Å². The highest BCUT2D eigenvalue weighted by Gasteiger charge is 2.37. The fourth-order valence-electron chi connectivity index (χ4n) is 2.11. The van der Waals surface area contributed by atoms with Crippen LogP contribution in [0.4, 0.5) is 0 Å². The average molecular weight is 169 g/mol. The highest BCUT2D eigenvalue weighted by molar-refractivity contribution is 4.88. The average Bonchev–Trinajstić information content (AvgIpc) is 2.02. The molecule has 0 aromatic carbocycles. The van der Waals surface area contributed by atoms with Gasteiger partial charge in [0.1, 0.15) is 0 Å². The molecule has 0 heterocycles. The van der Waals surface area contributed by atoms with Crippen LogP contribution in [0, 0.1) is 11.3 Å². The van der Waals surface area contributed by atoms with Crippen molar-refractivity contribution >= 4 is 0 Å². The molecule has 0 saturated heterocycles. The molecular formula is C11H23N. The van der Waals surface area contributed by atoms with Gasteiger partial charge in [-0.15, -0.1) is 0 Å². The van der Waals surface area contributed by atoms with Crippen molar-refractivity contribution < 1.29 is 0 Å². The van der Waals surface area contributed by atoms with Crippen molar-refractivity contribution in [3.05, 3.63) is 0 Å². The summed E-state index contributed by atoms with van der Waals surface area (Å²) in [5.41, 5.74) is 0.659. The number of hydrogen-bond donors (Lipinski definition) is 1. The van der Waals surface area contributed by atoms with Crippen molar-refractivity contribution in [3.8, 4) is 0 Å². The van der Waals surface area contributed by atoms with E-state index < -0.39 is 0 Å². The van der Waals surface area contributed by atoms with Crippen molar-refractivity contribution in [3.63, 3.8) is 0 Å². The van der Waals surface area contributed by atoms with Gasteiger partial charge in [0, 0.05) is 0 Å². The summed E-state index contributed by atoms with van der Waals surface area (Å²) in [5.74, 6) is 1.01. The Morgan fingerprint density at radius 2 is 2.17 bits per heavy atom. The Morgan fingerprint density at radius 3 is 2.58 bits per heavy atom. The van der Waals surface area contributed by atoms with Crippen molar-refractivity contribution in [2.24, 2.45) is 11.3 Å². The predicted molar refractivity (Wildman–Crippen MR) is 54.3 cm³/mol. The maximum atomic E-state index is 3.38. The summed E-state index contributed by atoms with van der Waals surface area (Å²) in [7, 11) is 0. The fourth-order valence-corrected chi connectivity index (χ4v) is 2.11. The normalized spacial score (nSPS) is 26.8. The van der Waals surface area contributed by atoms with E-state index in [1.807, 2.05) is 0 Å². The Balaban J connectivity index is 2.01. The van der Waals surface area contributed by atoms with Gasteiger partial charge in [0.2, 0.25) is 0 Å². The lowest BCUT2D eigenvalue weighted by molar-refractivity contribution is 0.0630. The SMILES string of the molecule is CCNCCCC1CCC1(C)C. The zero-order chi connectivity index (χ0) is 9.03. The van der Waals surface area contributed by atoms with Crippen LogP contribution in [0.1, 0.15) is 46.5 Å². The second-order valence-electron chi connectivity index (χ2n) is 4.72. The maximum absolute atomic E-state index is 3.38. The smallest absolute Gasteiger partial charge is 0.00489 e. The van der Waals surface area contributed by atoms with Gasteiger partial charge >= 0.3 is 0 Å². The quantitative estimate of drug-likeness (QED) is 0.624. The minimum Gasteiger partial charge on any atom is -0.317 e. The van der Waals surface area contributed by atoms with Crippen LogP contribution in [0.3, 0.4) is 0 Å². The molecule has 1 aliphatic rings. The lowest BCUT2D eigenvalue weighted by Gasteiger charge is -2.45. The second-order valence-corrected chi connectivity index (χ2v) is 4.72. The fraction of sp³-hybridized carbons (Fsp3) is 1.00. The first-order valence-electron chi connectivity index (χ1n) is 5.37. The van der Waals surface area contributed by atoms with Gasteiger partial charge in [-0.1, -0.05) is 20.8 Å². The molecule has 1 fully saturated rings. The van der Waals surface area contributed by atoms with Crippen molar-refractivity contribution in [2.75, 3.05) is 13.1 Å². The largest absolute Gasteiger partial charge is 0.317 e. The third kappa shape index (κ3) is 2.48. The first-order chi connectivity index (χ1) is 5.67. The van der Waals surface area contributed by atoms with Crippen LogP contribution in [0.25, 0.3) is 0 Å². The first kappa shape index (κ1) is 10.0. The maximum Gasteiger partial charge on any atom is -0.00489 e. The highest BCUT2D eigenvalue weighted by Crippen LogP contribution is 2.47. The van der Waals surface area contributed by atoms with Crippen LogP contribution < -0.4 is 5.32 Å². The number of nitrogens with one attached hydrogen (secondary N) is 1. The summed E-state index contributed by atoms with van der Waals surface area (Å²) in [5, 5.41) is 3.38. The summed E-state index contributed by atoms with van der Waals surface area (Å²) >= 11 is 0. The summed E-state index contributed by atoms with van der Waals surface area (Å²) < 4.78 is 0. The summed E-state index contributed by atoms with van der Waals surface area (Å²) in [6.45, 7) is 9.33. The molecule has 0 bridgehead atoms. The van der Waals surface area contributed by atoms with Crippen LogP contribution >= 0.6 is 0 Å². The topological polar surface area (TPSA) is 12.0 Å². The Kier molecular flexibility index (Phi) is 3.57. The molecule has 1 heteroatoms. The molecule has 72 valence electrons. The first-order valence-corrected chi connectivity index (χ1v) is 5.37. The van der Waals surface area contributed by atoms with Gasteiger partial charge in [-0.2, -0.15) is 0 Å². The Labute approximate surface area is 76.9 Å². The van der Waals surface area contributed by atoms with Crippen LogP contribution in [-0.2, 0) is 0 Å². The van der Waals surface area contributed by atoms with Gasteiger partial charge in [-0.3, -0.25) is 0 Å². The van der Waals surface area contributed by atoms with Crippen molar-refractivity contribution in [2.45, 2.75) is 46.5 Å². The molecule has 1 rings (SSSR count). The van der Waals surface area contributed by atoms with Crippen LogP contribution in [0.2, 0.25) is 0 Å². The second kappa shape index (κ2) is 4.27. The monoisotopic (exact) mass is 169 g/mol. The third-order valence-corrected chi connectivity index (χ3v) is 3.40. The molecule has 0 spiro atoms. The Bertz CT molecular complexity index is 129. The van der Waals surface area contributed by atoms with Crippen LogP contribution in [0.15, 0.2) is 0 Å². The highest BCUT2D eigenvalue weighted by atomic mass is 14.8. The van der Waals surface area contributed by atoms with Gasteiger partial charge in [0.15, 0.2) is 0 Å². The minimum absolute atomic E-state index is 0.659. The van der Waals surface area contributed by atoms with Crippen LogP contribution in [-0.4, -0.2) is 13.1 Å². The lowest BCUT2D eigenvalue weighted by Crippen LogP contribution is -2.34. The Hall–Kier alpha value is -0.0400. The number of rotatable bonds is 5. The van der Waals surface area contributed by atoms with E-state index in [2.05, 4.69) is 26.1 Å². The molecule has 0 aromatic rings. The van der Waals surface area contributed by atoms with Crippen molar-refractivity contribution in [1.29, 1.82) is 0 Å². The summed E-state index contributed by atoms with van der Waals surface area (Å²) in [6, 6.07) is 0. The molecule has 0 radical (unpaired) electrons. The standard InChI is InChI=1S/C11H23N/c1-4-12-9-5-6-10-7-8-11(10,2)3/h10,12H,4-9H2,1-3H3. The molecule has 0 aromatic heterocycles. The van der Waals surface area contributed by atoms with Crippen LogP contribution in [0.5, 0.6) is 0 Å². The molecule has 12 heavy (non-hydrogen) atoms. The van der Waals surface area contributed by atoms with E-state index >= 15 is 0 Å². The molecule has 1 atom stereocenters. The summed E-state index contributed by atoms with van der Waals surface area (Å²) in [4.78, 5) is 0. The molecular weight excluding hydrogens is 146 g/mol.